The van der Waals surface area contributed by atoms with Crippen molar-refractivity contribution in [3.05, 3.63) is 23.9 Å². The van der Waals surface area contributed by atoms with Crippen molar-refractivity contribution in [1.29, 1.82) is 0 Å². The van der Waals surface area contributed by atoms with Crippen LogP contribution < -0.4 is 4.74 Å². The minimum atomic E-state index is -0.877. The number of carbonyl (C=O) groups excluding carboxylic acids is 1. The molecule has 1 saturated heterocycles. The molecule has 0 bridgehead atoms. The summed E-state index contributed by atoms with van der Waals surface area (Å²) in [6.45, 7) is 0.600. The summed E-state index contributed by atoms with van der Waals surface area (Å²) in [5.74, 6) is -0.600. The van der Waals surface area contributed by atoms with Crippen molar-refractivity contribution in [3.63, 3.8) is 0 Å². The highest BCUT2D eigenvalue weighted by Gasteiger charge is 2.30. The zero-order chi connectivity index (χ0) is 13.8. The quantitative estimate of drug-likeness (QED) is 0.883. The number of hydrogen-bond acceptors (Lipinski definition) is 4. The van der Waals surface area contributed by atoms with Gasteiger partial charge in [0.25, 0.3) is 5.91 Å². The van der Waals surface area contributed by atoms with Crippen molar-refractivity contribution in [2.45, 2.75) is 25.3 Å². The summed E-state index contributed by atoms with van der Waals surface area (Å²) >= 11 is 0. The first-order valence-electron chi connectivity index (χ1n) is 6.14. The zero-order valence-corrected chi connectivity index (χ0v) is 10.7. The number of methoxy groups -OCH3 is 1. The molecule has 1 aliphatic heterocycles. The first kappa shape index (κ1) is 13.3. The van der Waals surface area contributed by atoms with Crippen LogP contribution in [0.1, 0.15) is 29.6 Å². The van der Waals surface area contributed by atoms with Crippen LogP contribution in [0.4, 0.5) is 0 Å². The lowest BCUT2D eigenvalue weighted by Crippen LogP contribution is -2.36. The first-order chi connectivity index (χ1) is 9.11. The number of carboxylic acid groups (broad SMARTS) is 1. The van der Waals surface area contributed by atoms with Gasteiger partial charge in [-0.2, -0.15) is 0 Å². The molecule has 1 aromatic rings. The number of carbonyl (C=O) groups is 2. The molecule has 1 unspecified atom stereocenters. The minimum absolute atomic E-state index is 0.00464. The molecule has 1 aliphatic rings. The lowest BCUT2D eigenvalue weighted by atomic mass is 10.1. The number of carboxylic acids is 1. The third-order valence-corrected chi connectivity index (χ3v) is 3.24. The molecule has 19 heavy (non-hydrogen) atoms. The minimum Gasteiger partial charge on any atom is -0.481 e. The topological polar surface area (TPSA) is 79.7 Å². The van der Waals surface area contributed by atoms with E-state index in [9.17, 15) is 9.59 Å². The Morgan fingerprint density at radius 3 is 2.89 bits per heavy atom. The van der Waals surface area contributed by atoms with Crippen LogP contribution in [0.25, 0.3) is 0 Å². The second-order valence-corrected chi connectivity index (χ2v) is 4.48. The van der Waals surface area contributed by atoms with Gasteiger partial charge in [-0.1, -0.05) is 0 Å². The molecule has 0 radical (unpaired) electrons. The van der Waals surface area contributed by atoms with E-state index in [4.69, 9.17) is 9.84 Å². The Morgan fingerprint density at radius 2 is 2.32 bits per heavy atom. The van der Waals surface area contributed by atoms with Crippen LogP contribution in [0.2, 0.25) is 0 Å². The number of aromatic nitrogens is 1. The van der Waals surface area contributed by atoms with Gasteiger partial charge in [0, 0.05) is 24.8 Å². The maximum atomic E-state index is 12.3. The van der Waals surface area contributed by atoms with Gasteiger partial charge in [-0.3, -0.25) is 9.59 Å². The van der Waals surface area contributed by atoms with Gasteiger partial charge >= 0.3 is 5.97 Å². The molecule has 1 amide bonds. The summed E-state index contributed by atoms with van der Waals surface area (Å²) in [6, 6.07) is 3.05. The van der Waals surface area contributed by atoms with E-state index < -0.39 is 5.97 Å². The van der Waals surface area contributed by atoms with E-state index in [0.29, 0.717) is 18.0 Å². The second-order valence-electron chi connectivity index (χ2n) is 4.48. The van der Waals surface area contributed by atoms with E-state index in [1.165, 1.54) is 13.3 Å². The number of hydrogen-bond donors (Lipinski definition) is 1. The average Bonchev–Trinajstić information content (AvgIpc) is 2.85. The highest BCUT2D eigenvalue weighted by molar-refractivity contribution is 5.94. The van der Waals surface area contributed by atoms with Crippen molar-refractivity contribution in [2.24, 2.45) is 0 Å². The smallest absolute Gasteiger partial charge is 0.305 e. The van der Waals surface area contributed by atoms with Crippen molar-refractivity contribution in [1.82, 2.24) is 9.88 Å². The average molecular weight is 264 g/mol. The monoisotopic (exact) mass is 264 g/mol. The molecule has 2 heterocycles. The third kappa shape index (κ3) is 3.01. The van der Waals surface area contributed by atoms with Crippen LogP contribution in [0.15, 0.2) is 18.3 Å². The van der Waals surface area contributed by atoms with E-state index in [1.807, 2.05) is 0 Å². The molecule has 0 spiro atoms. The molecule has 102 valence electrons. The molecule has 0 aromatic carbocycles. The lowest BCUT2D eigenvalue weighted by molar-refractivity contribution is -0.137. The molecular formula is C13H16N2O4. The number of pyridine rings is 1. The van der Waals surface area contributed by atoms with Crippen LogP contribution in [-0.2, 0) is 4.79 Å². The molecule has 0 saturated carbocycles. The lowest BCUT2D eigenvalue weighted by Gasteiger charge is -2.23. The Balaban J connectivity index is 2.11. The molecule has 1 N–H and O–H groups in total. The maximum Gasteiger partial charge on any atom is 0.305 e. The third-order valence-electron chi connectivity index (χ3n) is 3.24. The van der Waals surface area contributed by atoms with Crippen LogP contribution in [-0.4, -0.2) is 46.6 Å². The predicted octanol–water partition coefficient (Wildman–Crippen LogP) is 1.17. The predicted molar refractivity (Wildman–Crippen MR) is 67.1 cm³/mol. The summed E-state index contributed by atoms with van der Waals surface area (Å²) in [5.41, 5.74) is 0.457. The first-order valence-corrected chi connectivity index (χ1v) is 6.14. The van der Waals surface area contributed by atoms with E-state index in [0.717, 1.165) is 12.8 Å². The van der Waals surface area contributed by atoms with Crippen molar-refractivity contribution in [2.75, 3.05) is 13.7 Å². The summed E-state index contributed by atoms with van der Waals surface area (Å²) in [4.78, 5) is 28.7. The molecule has 2 rings (SSSR count). The van der Waals surface area contributed by atoms with E-state index in [2.05, 4.69) is 4.98 Å². The van der Waals surface area contributed by atoms with E-state index >= 15 is 0 Å². The number of amides is 1. The highest BCUT2D eigenvalue weighted by Crippen LogP contribution is 2.22. The van der Waals surface area contributed by atoms with Crippen LogP contribution in [0.5, 0.6) is 5.88 Å². The van der Waals surface area contributed by atoms with Gasteiger partial charge in [0.15, 0.2) is 0 Å². The maximum absolute atomic E-state index is 12.3. The zero-order valence-electron chi connectivity index (χ0n) is 10.7. The highest BCUT2D eigenvalue weighted by atomic mass is 16.5. The fourth-order valence-electron chi connectivity index (χ4n) is 2.31. The molecule has 1 fully saturated rings. The molecule has 0 aliphatic carbocycles. The molecule has 1 atom stereocenters. The van der Waals surface area contributed by atoms with Crippen LogP contribution in [0.3, 0.4) is 0 Å². The fraction of sp³-hybridized carbons (Fsp3) is 0.462. The Morgan fingerprint density at radius 1 is 1.53 bits per heavy atom. The van der Waals surface area contributed by atoms with Gasteiger partial charge in [0.2, 0.25) is 5.88 Å². The van der Waals surface area contributed by atoms with Gasteiger partial charge in [-0.05, 0) is 18.9 Å². The summed E-state index contributed by atoms with van der Waals surface area (Å²) in [7, 11) is 1.51. The summed E-state index contributed by atoms with van der Waals surface area (Å²) < 4.78 is 4.93. The number of likely N-dealkylation sites (tertiary alicyclic amines) is 1. The molecule has 1 aromatic heterocycles. The Bertz CT molecular complexity index is 472. The number of ether oxygens (including phenoxy) is 1. The van der Waals surface area contributed by atoms with Crippen molar-refractivity contribution >= 4 is 11.9 Å². The largest absolute Gasteiger partial charge is 0.481 e. The van der Waals surface area contributed by atoms with Gasteiger partial charge in [0.05, 0.1) is 19.1 Å². The summed E-state index contributed by atoms with van der Waals surface area (Å²) in [6.07, 6.45) is 3.03. The number of aliphatic carboxylic acids is 1. The Labute approximate surface area is 111 Å². The van der Waals surface area contributed by atoms with Gasteiger partial charge < -0.3 is 14.7 Å². The standard InChI is InChI=1S/C13H16N2O4/c1-19-11-5-4-9(8-14-11)13(18)15-6-2-3-10(15)7-12(16)17/h4-5,8,10H,2-3,6-7H2,1H3,(H,16,17). The SMILES string of the molecule is COc1ccc(C(=O)N2CCCC2CC(=O)O)cn1. The van der Waals surface area contributed by atoms with Crippen molar-refractivity contribution in [3.8, 4) is 5.88 Å². The molecule has 6 heteroatoms. The van der Waals surface area contributed by atoms with Gasteiger partial charge in [-0.15, -0.1) is 0 Å². The number of nitrogens with zero attached hydrogens (tertiary/aromatic N) is 2. The number of rotatable bonds is 4. The van der Waals surface area contributed by atoms with E-state index in [-0.39, 0.29) is 18.4 Å². The van der Waals surface area contributed by atoms with Crippen LogP contribution >= 0.6 is 0 Å². The Hall–Kier alpha value is -2.11. The van der Waals surface area contributed by atoms with E-state index in [1.54, 1.807) is 17.0 Å². The fourth-order valence-corrected chi connectivity index (χ4v) is 2.31. The van der Waals surface area contributed by atoms with Crippen molar-refractivity contribution < 1.29 is 19.4 Å². The normalized spacial score (nSPS) is 18.4. The van der Waals surface area contributed by atoms with Gasteiger partial charge in [0.1, 0.15) is 0 Å². The van der Waals surface area contributed by atoms with Crippen LogP contribution in [0, 0.1) is 0 Å². The Kier molecular flexibility index (Phi) is 3.99. The second kappa shape index (κ2) is 5.69. The molecule has 6 nitrogen and oxygen atoms in total. The molecular weight excluding hydrogens is 248 g/mol. The summed E-state index contributed by atoms with van der Waals surface area (Å²) in [5, 5.41) is 8.85. The van der Waals surface area contributed by atoms with Gasteiger partial charge in [-0.25, -0.2) is 4.98 Å².